The normalized spacial score (nSPS) is 19.6. The first-order valence-corrected chi connectivity index (χ1v) is 12.7. The second kappa shape index (κ2) is 13.0. The third-order valence-electron chi connectivity index (χ3n) is 6.63. The minimum absolute atomic E-state index is 0.102. The van der Waals surface area contributed by atoms with Crippen molar-refractivity contribution < 1.29 is 18.8 Å². The van der Waals surface area contributed by atoms with E-state index in [4.69, 9.17) is 4.74 Å². The number of nitrogens with zero attached hydrogens (tertiary/aromatic N) is 1. The average Bonchev–Trinajstić information content (AvgIpc) is 3.04. The monoisotopic (exact) mass is 445 g/mol. The number of ether oxygens (including phenoxy) is 1. The Labute approximate surface area is 195 Å². The molecule has 1 N–H and O–H groups in total. The van der Waals surface area contributed by atoms with Crippen LogP contribution < -0.4 is 5.32 Å². The molecule has 1 aromatic rings. The van der Waals surface area contributed by atoms with Crippen molar-refractivity contribution in [2.75, 3.05) is 33.8 Å². The number of amides is 1. The average molecular weight is 446 g/mol. The van der Waals surface area contributed by atoms with Crippen LogP contribution >= 0.6 is 0 Å². The Morgan fingerprint density at radius 1 is 0.969 bits per heavy atom. The zero-order chi connectivity index (χ0) is 23.5. The number of rotatable bonds is 14. The van der Waals surface area contributed by atoms with Crippen molar-refractivity contribution in [2.24, 2.45) is 0 Å². The Bertz CT molecular complexity index is 714. The number of carbonyl (C=O) groups is 2. The van der Waals surface area contributed by atoms with Gasteiger partial charge in [0.15, 0.2) is 0 Å². The molecule has 2 rings (SSSR count). The molecule has 1 heterocycles. The summed E-state index contributed by atoms with van der Waals surface area (Å²) in [4.78, 5) is 25.2. The Hall–Kier alpha value is -1.88. The first kappa shape index (κ1) is 26.4. The Morgan fingerprint density at radius 2 is 1.59 bits per heavy atom. The summed E-state index contributed by atoms with van der Waals surface area (Å²) in [5.74, 6) is -0.342. The molecule has 5 nitrogen and oxygen atoms in total. The molecule has 0 saturated carbocycles. The summed E-state index contributed by atoms with van der Waals surface area (Å²) in [5, 5.41) is 3.20. The summed E-state index contributed by atoms with van der Waals surface area (Å²) in [6.07, 6.45) is 12.6. The van der Waals surface area contributed by atoms with E-state index in [0.29, 0.717) is 12.2 Å². The van der Waals surface area contributed by atoms with E-state index in [1.54, 1.807) is 0 Å². The van der Waals surface area contributed by atoms with E-state index in [1.807, 2.05) is 19.1 Å². The van der Waals surface area contributed by atoms with Gasteiger partial charge in [-0.2, -0.15) is 0 Å². The Kier molecular flexibility index (Phi) is 10.7. The van der Waals surface area contributed by atoms with Crippen LogP contribution in [0.15, 0.2) is 24.3 Å². The maximum absolute atomic E-state index is 13.0. The van der Waals surface area contributed by atoms with E-state index >= 15 is 0 Å². The van der Waals surface area contributed by atoms with E-state index in [2.05, 4.69) is 38.5 Å². The summed E-state index contributed by atoms with van der Waals surface area (Å²) in [7, 11) is 4.28. The lowest BCUT2D eigenvalue weighted by Crippen LogP contribution is -2.54. The molecule has 0 aliphatic carbocycles. The lowest BCUT2D eigenvalue weighted by Gasteiger charge is -2.31. The van der Waals surface area contributed by atoms with Gasteiger partial charge in [-0.3, -0.25) is 9.59 Å². The molecule has 5 heteroatoms. The fourth-order valence-electron chi connectivity index (χ4n) is 4.87. The van der Waals surface area contributed by atoms with Crippen LogP contribution in [0.5, 0.6) is 0 Å². The number of esters is 1. The molecule has 1 amide bonds. The van der Waals surface area contributed by atoms with E-state index in [9.17, 15) is 9.59 Å². The second-order valence-electron chi connectivity index (χ2n) is 10.2. The van der Waals surface area contributed by atoms with E-state index < -0.39 is 5.54 Å². The number of hydrogen-bond acceptors (Lipinski definition) is 3. The zero-order valence-electron chi connectivity index (χ0n) is 20.9. The smallest absolute Gasteiger partial charge is 0.308 e. The number of likely N-dealkylation sites (N-methyl/N-ethyl adjacent to an activating group) is 1. The summed E-state index contributed by atoms with van der Waals surface area (Å²) < 4.78 is 5.97. The van der Waals surface area contributed by atoms with Crippen LogP contribution in [0.1, 0.15) is 94.0 Å². The van der Waals surface area contributed by atoms with Gasteiger partial charge < -0.3 is 14.5 Å². The molecule has 1 atom stereocenters. The lowest BCUT2D eigenvalue weighted by molar-refractivity contribution is -0.879. The van der Waals surface area contributed by atoms with Crippen molar-refractivity contribution in [3.05, 3.63) is 35.4 Å². The van der Waals surface area contributed by atoms with Crippen LogP contribution in [0, 0.1) is 0 Å². The van der Waals surface area contributed by atoms with Gasteiger partial charge in [0.2, 0.25) is 0 Å². The summed E-state index contributed by atoms with van der Waals surface area (Å²) in [5.41, 5.74) is 1.40. The molecular weight excluding hydrogens is 400 g/mol. The van der Waals surface area contributed by atoms with Gasteiger partial charge in [-0.05, 0) is 37.5 Å². The molecule has 1 saturated heterocycles. The summed E-state index contributed by atoms with van der Waals surface area (Å²) >= 11 is 0. The van der Waals surface area contributed by atoms with Crippen molar-refractivity contribution in [1.82, 2.24) is 5.32 Å². The minimum Gasteiger partial charge on any atom is -0.466 e. The van der Waals surface area contributed by atoms with Gasteiger partial charge in [0.25, 0.3) is 5.91 Å². The van der Waals surface area contributed by atoms with Crippen molar-refractivity contribution in [3.8, 4) is 0 Å². The molecule has 1 aromatic carbocycles. The fourth-order valence-corrected chi connectivity index (χ4v) is 4.87. The maximum atomic E-state index is 13.0. The number of unbranched alkanes of at least 4 members (excludes halogenated alkanes) is 7. The van der Waals surface area contributed by atoms with Crippen molar-refractivity contribution in [2.45, 2.75) is 90.0 Å². The lowest BCUT2D eigenvalue weighted by atomic mass is 9.93. The topological polar surface area (TPSA) is 55.4 Å². The third-order valence-corrected chi connectivity index (χ3v) is 6.63. The highest BCUT2D eigenvalue weighted by atomic mass is 16.5. The number of likely N-dealkylation sites (tertiary alicyclic amines) is 1. The van der Waals surface area contributed by atoms with Gasteiger partial charge in [0, 0.05) is 12.0 Å². The number of nitrogens with one attached hydrogen (secondary N) is 1. The molecule has 0 aromatic heterocycles. The van der Waals surface area contributed by atoms with Gasteiger partial charge in [-0.15, -0.1) is 0 Å². The van der Waals surface area contributed by atoms with Crippen LogP contribution in [-0.4, -0.2) is 55.7 Å². The van der Waals surface area contributed by atoms with Crippen LogP contribution in [-0.2, 0) is 16.0 Å². The van der Waals surface area contributed by atoms with Crippen LogP contribution in [0.3, 0.4) is 0 Å². The van der Waals surface area contributed by atoms with Crippen LogP contribution in [0.4, 0.5) is 0 Å². The molecule has 1 fully saturated rings. The van der Waals surface area contributed by atoms with Crippen molar-refractivity contribution >= 4 is 11.9 Å². The maximum Gasteiger partial charge on any atom is 0.308 e. The van der Waals surface area contributed by atoms with Gasteiger partial charge in [0.1, 0.15) is 12.1 Å². The van der Waals surface area contributed by atoms with E-state index in [0.717, 1.165) is 30.4 Å². The molecule has 180 valence electrons. The molecular formula is C27H45N2O3+. The quantitative estimate of drug-likeness (QED) is 0.241. The number of carbonyl (C=O) groups excluding carboxylic acids is 2. The van der Waals surface area contributed by atoms with Gasteiger partial charge in [-0.25, -0.2) is 0 Å². The SMILES string of the molecule is CCCCCCCCCCc1ccc(C(=O)NC2(CC(=O)OCC)CC[N+](C)(C)C2)cc1. The minimum atomic E-state index is -0.539. The number of benzene rings is 1. The highest BCUT2D eigenvalue weighted by Crippen LogP contribution is 2.29. The number of quaternary nitrogens is 1. The van der Waals surface area contributed by atoms with Crippen LogP contribution in [0.2, 0.25) is 0 Å². The first-order chi connectivity index (χ1) is 15.3. The van der Waals surface area contributed by atoms with Crippen molar-refractivity contribution in [3.63, 3.8) is 0 Å². The van der Waals surface area contributed by atoms with Gasteiger partial charge in [-0.1, -0.05) is 64.0 Å². The Balaban J connectivity index is 1.84. The highest BCUT2D eigenvalue weighted by molar-refractivity contribution is 5.95. The third kappa shape index (κ3) is 8.93. The van der Waals surface area contributed by atoms with E-state index in [-0.39, 0.29) is 18.3 Å². The zero-order valence-corrected chi connectivity index (χ0v) is 20.9. The predicted molar refractivity (Wildman–Crippen MR) is 131 cm³/mol. The Morgan fingerprint density at radius 3 is 2.16 bits per heavy atom. The van der Waals surface area contributed by atoms with Crippen molar-refractivity contribution in [1.29, 1.82) is 0 Å². The molecule has 1 aliphatic heterocycles. The number of hydrogen-bond donors (Lipinski definition) is 1. The summed E-state index contributed by atoms with van der Waals surface area (Å²) in [6, 6.07) is 7.98. The second-order valence-corrected chi connectivity index (χ2v) is 10.2. The standard InChI is InChI=1S/C27H44N2O3/c1-5-7-8-9-10-11-12-13-14-23-15-17-24(18-16-23)26(31)28-27(21-25(30)32-6-2)19-20-29(3,4)22-27/h15-18H,5-14,19-22H2,1-4H3/p+1. The molecule has 1 aliphatic rings. The highest BCUT2D eigenvalue weighted by Gasteiger charge is 2.47. The number of aryl methyl sites for hydroxylation is 1. The molecule has 0 bridgehead atoms. The van der Waals surface area contributed by atoms with E-state index in [1.165, 1.54) is 56.9 Å². The first-order valence-electron chi connectivity index (χ1n) is 12.7. The molecule has 32 heavy (non-hydrogen) atoms. The van der Waals surface area contributed by atoms with Gasteiger partial charge in [0.05, 0.1) is 33.7 Å². The largest absolute Gasteiger partial charge is 0.466 e. The predicted octanol–water partition coefficient (Wildman–Crippen LogP) is 5.27. The van der Waals surface area contributed by atoms with Gasteiger partial charge >= 0.3 is 5.97 Å². The molecule has 0 spiro atoms. The summed E-state index contributed by atoms with van der Waals surface area (Å²) in [6.45, 7) is 6.09. The molecule has 0 radical (unpaired) electrons. The molecule has 1 unspecified atom stereocenters. The fraction of sp³-hybridized carbons (Fsp3) is 0.704. The van der Waals surface area contributed by atoms with Crippen LogP contribution in [0.25, 0.3) is 0 Å².